The summed E-state index contributed by atoms with van der Waals surface area (Å²) in [4.78, 5) is 19.8. The average Bonchev–Trinajstić information content (AvgIpc) is 2.50. The number of morpholine rings is 1. The van der Waals surface area contributed by atoms with Gasteiger partial charge in [0.1, 0.15) is 12.4 Å². The van der Waals surface area contributed by atoms with Crippen molar-refractivity contribution in [2.45, 2.75) is 6.92 Å². The monoisotopic (exact) mass is 317 g/mol. The Morgan fingerprint density at radius 1 is 1.24 bits per heavy atom. The second-order valence-corrected chi connectivity index (χ2v) is 6.76. The van der Waals surface area contributed by atoms with E-state index in [4.69, 9.17) is 9.47 Å². The van der Waals surface area contributed by atoms with Gasteiger partial charge in [0.2, 0.25) is 0 Å². The number of hydrogen-bond donors (Lipinski definition) is 0. The number of amidine groups is 1. The molecular formula is C13H23N3O4S. The quantitative estimate of drug-likeness (QED) is 0.536. The van der Waals surface area contributed by atoms with Gasteiger partial charge >= 0.3 is 6.09 Å². The van der Waals surface area contributed by atoms with E-state index in [0.717, 1.165) is 26.2 Å². The van der Waals surface area contributed by atoms with Crippen molar-refractivity contribution in [3.05, 3.63) is 0 Å². The van der Waals surface area contributed by atoms with Crippen LogP contribution in [0, 0.1) is 0 Å². The first kappa shape index (κ1) is 16.4. The van der Waals surface area contributed by atoms with Crippen molar-refractivity contribution in [1.29, 1.82) is 0 Å². The Morgan fingerprint density at radius 3 is 2.57 bits per heavy atom. The van der Waals surface area contributed by atoms with Gasteiger partial charge in [-0.05, 0) is 6.92 Å². The molecule has 0 aliphatic carbocycles. The Labute approximate surface area is 127 Å². The molecule has 2 rings (SSSR count). The zero-order valence-corrected chi connectivity index (χ0v) is 13.3. The highest BCUT2D eigenvalue weighted by Gasteiger charge is 2.16. The molecule has 0 unspecified atom stereocenters. The predicted molar refractivity (Wildman–Crippen MR) is 81.2 cm³/mol. The number of carbonyl (C=O) groups excluding carboxylic acids is 1. The van der Waals surface area contributed by atoms with Gasteiger partial charge in [0.15, 0.2) is 0 Å². The molecule has 2 saturated heterocycles. The predicted octanol–water partition coefficient (Wildman–Crippen LogP) is -0.0621. The number of rotatable bonds is 3. The van der Waals surface area contributed by atoms with Gasteiger partial charge in [0, 0.05) is 55.0 Å². The van der Waals surface area contributed by atoms with E-state index in [1.807, 2.05) is 11.8 Å². The van der Waals surface area contributed by atoms with Gasteiger partial charge in [0.25, 0.3) is 0 Å². The molecule has 0 N–H and O–H groups in total. The number of amides is 1. The summed E-state index contributed by atoms with van der Waals surface area (Å²) in [6.45, 7) is 7.27. The van der Waals surface area contributed by atoms with E-state index in [-0.39, 0.29) is 0 Å². The van der Waals surface area contributed by atoms with E-state index < -0.39 is 16.9 Å². The van der Waals surface area contributed by atoms with Crippen molar-refractivity contribution >= 4 is 22.7 Å². The Balaban J connectivity index is 1.65. The van der Waals surface area contributed by atoms with E-state index in [2.05, 4.69) is 9.89 Å². The fraction of sp³-hybridized carbons (Fsp3) is 0.846. The standard InChI is InChI=1S/C13H23N3O4S/c1-12(16-3-7-19-8-4-16)14-13(17)20-9-2-15-5-10-21(18)11-6-15/h2-11H2,1H3/b14-12-. The summed E-state index contributed by atoms with van der Waals surface area (Å²) >= 11 is 0. The first-order valence-electron chi connectivity index (χ1n) is 7.27. The van der Waals surface area contributed by atoms with Crippen LogP contribution in [0.2, 0.25) is 0 Å². The molecule has 2 fully saturated rings. The fourth-order valence-corrected chi connectivity index (χ4v) is 3.41. The third-order valence-electron chi connectivity index (χ3n) is 3.63. The molecule has 0 radical (unpaired) electrons. The van der Waals surface area contributed by atoms with Crippen molar-refractivity contribution in [1.82, 2.24) is 9.80 Å². The molecule has 8 heteroatoms. The normalized spacial score (nSPS) is 22.3. The lowest BCUT2D eigenvalue weighted by molar-refractivity contribution is 0.0675. The van der Waals surface area contributed by atoms with Crippen LogP contribution in [0.15, 0.2) is 4.99 Å². The Morgan fingerprint density at radius 2 is 1.90 bits per heavy atom. The van der Waals surface area contributed by atoms with Crippen molar-refractivity contribution in [2.24, 2.45) is 4.99 Å². The van der Waals surface area contributed by atoms with Crippen LogP contribution in [0.25, 0.3) is 0 Å². The molecule has 120 valence electrons. The largest absolute Gasteiger partial charge is 0.447 e. The van der Waals surface area contributed by atoms with E-state index in [9.17, 15) is 9.00 Å². The molecule has 0 aromatic carbocycles. The van der Waals surface area contributed by atoms with Crippen LogP contribution in [-0.2, 0) is 20.3 Å². The molecule has 21 heavy (non-hydrogen) atoms. The highest BCUT2D eigenvalue weighted by atomic mass is 32.2. The molecule has 2 aliphatic rings. The highest BCUT2D eigenvalue weighted by molar-refractivity contribution is 7.85. The number of aliphatic imine (C=N–C) groups is 1. The summed E-state index contributed by atoms with van der Waals surface area (Å²) in [5.74, 6) is 2.10. The van der Waals surface area contributed by atoms with Gasteiger partial charge in [-0.15, -0.1) is 0 Å². The molecule has 0 atom stereocenters. The summed E-state index contributed by atoms with van der Waals surface area (Å²) in [7, 11) is -0.673. The summed E-state index contributed by atoms with van der Waals surface area (Å²) in [6, 6.07) is 0. The molecule has 0 bridgehead atoms. The second-order valence-electron chi connectivity index (χ2n) is 5.06. The summed E-state index contributed by atoms with van der Waals surface area (Å²) in [6.07, 6.45) is -0.542. The van der Waals surface area contributed by atoms with E-state index in [1.54, 1.807) is 0 Å². The number of nitrogens with zero attached hydrogens (tertiary/aromatic N) is 3. The topological polar surface area (TPSA) is 71.4 Å². The number of ether oxygens (including phenoxy) is 2. The first-order chi connectivity index (χ1) is 10.1. The van der Waals surface area contributed by atoms with Crippen molar-refractivity contribution in [3.8, 4) is 0 Å². The van der Waals surface area contributed by atoms with E-state index in [0.29, 0.717) is 43.7 Å². The Hall–Kier alpha value is -0.990. The van der Waals surface area contributed by atoms with E-state index in [1.165, 1.54) is 0 Å². The lowest BCUT2D eigenvalue weighted by atomic mass is 10.4. The SMILES string of the molecule is C/C(=N/C(=O)OCCN1CCS(=O)CC1)N1CCOCC1. The summed E-state index contributed by atoms with van der Waals surface area (Å²) in [5.41, 5.74) is 0. The average molecular weight is 317 g/mol. The van der Waals surface area contributed by atoms with Gasteiger partial charge in [-0.2, -0.15) is 4.99 Å². The van der Waals surface area contributed by atoms with Crippen LogP contribution < -0.4 is 0 Å². The van der Waals surface area contributed by atoms with Gasteiger partial charge < -0.3 is 14.4 Å². The van der Waals surface area contributed by atoms with Gasteiger partial charge in [0.05, 0.1) is 13.2 Å². The molecule has 0 aromatic heterocycles. The van der Waals surface area contributed by atoms with Crippen molar-refractivity contribution < 1.29 is 18.5 Å². The molecule has 0 spiro atoms. The van der Waals surface area contributed by atoms with Crippen LogP contribution in [-0.4, -0.2) is 90.0 Å². The van der Waals surface area contributed by atoms with Crippen LogP contribution in [0.1, 0.15) is 6.92 Å². The maximum absolute atomic E-state index is 11.7. The molecule has 7 nitrogen and oxygen atoms in total. The maximum atomic E-state index is 11.7. The third-order valence-corrected chi connectivity index (χ3v) is 4.90. The van der Waals surface area contributed by atoms with Crippen molar-refractivity contribution in [2.75, 3.05) is 64.1 Å². The van der Waals surface area contributed by atoms with Crippen LogP contribution >= 0.6 is 0 Å². The van der Waals surface area contributed by atoms with Crippen LogP contribution in [0.4, 0.5) is 4.79 Å². The second kappa shape index (κ2) is 8.45. The molecule has 0 saturated carbocycles. The highest BCUT2D eigenvalue weighted by Crippen LogP contribution is 2.01. The van der Waals surface area contributed by atoms with Crippen molar-refractivity contribution in [3.63, 3.8) is 0 Å². The third kappa shape index (κ3) is 5.72. The van der Waals surface area contributed by atoms with Gasteiger partial charge in [-0.3, -0.25) is 9.11 Å². The molecule has 1 amide bonds. The lowest BCUT2D eigenvalue weighted by Crippen LogP contribution is -2.40. The Bertz CT molecular complexity index is 400. The summed E-state index contributed by atoms with van der Waals surface area (Å²) < 4.78 is 21.6. The first-order valence-corrected chi connectivity index (χ1v) is 8.76. The molecule has 2 heterocycles. The molecule has 2 aliphatic heterocycles. The van der Waals surface area contributed by atoms with E-state index >= 15 is 0 Å². The number of carbonyl (C=O) groups is 1. The lowest BCUT2D eigenvalue weighted by Gasteiger charge is -2.28. The zero-order valence-electron chi connectivity index (χ0n) is 12.5. The van der Waals surface area contributed by atoms with Gasteiger partial charge in [-0.25, -0.2) is 4.79 Å². The zero-order chi connectivity index (χ0) is 15.1. The minimum absolute atomic E-state index is 0.325. The smallest absolute Gasteiger partial charge is 0.435 e. The molecular weight excluding hydrogens is 294 g/mol. The fourth-order valence-electron chi connectivity index (χ4n) is 2.28. The van der Waals surface area contributed by atoms with Crippen LogP contribution in [0.5, 0.6) is 0 Å². The van der Waals surface area contributed by atoms with Crippen LogP contribution in [0.3, 0.4) is 0 Å². The number of hydrogen-bond acceptors (Lipinski definition) is 5. The summed E-state index contributed by atoms with van der Waals surface area (Å²) in [5, 5.41) is 0. The minimum atomic E-state index is -0.673. The minimum Gasteiger partial charge on any atom is -0.447 e. The molecule has 0 aromatic rings. The Kier molecular flexibility index (Phi) is 6.59. The van der Waals surface area contributed by atoms with Gasteiger partial charge in [-0.1, -0.05) is 0 Å². The maximum Gasteiger partial charge on any atom is 0.435 e.